The highest BCUT2D eigenvalue weighted by atomic mass is 19.1. The summed E-state index contributed by atoms with van der Waals surface area (Å²) in [6.45, 7) is 0. The number of anilines is 2. The van der Waals surface area contributed by atoms with E-state index in [0.717, 1.165) is 40.3 Å². The number of hydrogen-bond acceptors (Lipinski definition) is 4. The van der Waals surface area contributed by atoms with Crippen LogP contribution in [0.1, 0.15) is 11.1 Å². The number of aromatic amines is 1. The molecule has 24 heavy (non-hydrogen) atoms. The van der Waals surface area contributed by atoms with E-state index >= 15 is 0 Å². The van der Waals surface area contributed by atoms with Crippen molar-refractivity contribution < 1.29 is 13.9 Å². The number of rotatable bonds is 4. The topological polar surface area (TPSA) is 59.2 Å². The summed E-state index contributed by atoms with van der Waals surface area (Å²) in [6.07, 6.45) is 0.741. The Kier molecular flexibility index (Phi) is 3.37. The molecule has 0 spiro atoms. The number of fused-ring (bicyclic) bond motifs is 3. The lowest BCUT2D eigenvalue weighted by Crippen LogP contribution is -1.95. The second kappa shape index (κ2) is 5.56. The molecule has 0 radical (unpaired) electrons. The van der Waals surface area contributed by atoms with E-state index < -0.39 is 0 Å². The van der Waals surface area contributed by atoms with Crippen LogP contribution in [0.3, 0.4) is 0 Å². The van der Waals surface area contributed by atoms with Crippen LogP contribution in [0.4, 0.5) is 15.9 Å². The SMILES string of the molecule is COc1cc2c(cc1OC)-c1[nH]nc(Nc3ccc(F)cc3)c1C2. The Morgan fingerprint density at radius 1 is 1.08 bits per heavy atom. The van der Waals surface area contributed by atoms with Crippen LogP contribution in [0.25, 0.3) is 11.3 Å². The maximum absolute atomic E-state index is 13.0. The van der Waals surface area contributed by atoms with Gasteiger partial charge in [0.05, 0.1) is 19.9 Å². The summed E-state index contributed by atoms with van der Waals surface area (Å²) in [7, 11) is 3.25. The van der Waals surface area contributed by atoms with Gasteiger partial charge in [0.2, 0.25) is 0 Å². The lowest BCUT2D eigenvalue weighted by Gasteiger charge is -2.10. The standard InChI is InChI=1S/C18H16FN3O2/c1-23-15-8-10-7-14-17(13(10)9-16(15)24-2)21-22-18(14)20-12-5-3-11(19)4-6-12/h3-6,8-9H,7H2,1-2H3,(H2,20,21,22). The van der Waals surface area contributed by atoms with Crippen LogP contribution in [0.5, 0.6) is 11.5 Å². The van der Waals surface area contributed by atoms with Crippen molar-refractivity contribution in [2.24, 2.45) is 0 Å². The van der Waals surface area contributed by atoms with Crippen LogP contribution in [0, 0.1) is 5.82 Å². The molecule has 4 rings (SSSR count). The third-order valence-electron chi connectivity index (χ3n) is 4.22. The van der Waals surface area contributed by atoms with Crippen molar-refractivity contribution in [3.8, 4) is 22.8 Å². The van der Waals surface area contributed by atoms with Crippen molar-refractivity contribution in [1.29, 1.82) is 0 Å². The third-order valence-corrected chi connectivity index (χ3v) is 4.22. The fourth-order valence-electron chi connectivity index (χ4n) is 3.02. The second-order valence-corrected chi connectivity index (χ2v) is 5.60. The number of ether oxygens (including phenoxy) is 2. The summed E-state index contributed by atoms with van der Waals surface area (Å²) in [5, 5.41) is 10.7. The van der Waals surface area contributed by atoms with Gasteiger partial charge in [-0.25, -0.2) is 4.39 Å². The molecule has 0 atom stereocenters. The monoisotopic (exact) mass is 325 g/mol. The molecule has 2 N–H and O–H groups in total. The van der Waals surface area contributed by atoms with Gasteiger partial charge in [0.15, 0.2) is 17.3 Å². The van der Waals surface area contributed by atoms with Crippen molar-refractivity contribution in [3.63, 3.8) is 0 Å². The predicted molar refractivity (Wildman–Crippen MR) is 89.6 cm³/mol. The number of methoxy groups -OCH3 is 2. The molecule has 3 aromatic rings. The molecule has 1 aromatic heterocycles. The molecule has 1 heterocycles. The molecule has 1 aliphatic rings. The summed E-state index contributed by atoms with van der Waals surface area (Å²) in [4.78, 5) is 0. The zero-order valence-electron chi connectivity index (χ0n) is 13.3. The molecule has 1 aliphatic carbocycles. The van der Waals surface area contributed by atoms with E-state index in [-0.39, 0.29) is 5.82 Å². The average molecular weight is 325 g/mol. The van der Waals surface area contributed by atoms with Gasteiger partial charge in [-0.3, -0.25) is 5.10 Å². The fraction of sp³-hybridized carbons (Fsp3) is 0.167. The van der Waals surface area contributed by atoms with Crippen molar-refractivity contribution >= 4 is 11.5 Å². The van der Waals surface area contributed by atoms with Crippen molar-refractivity contribution in [1.82, 2.24) is 10.2 Å². The van der Waals surface area contributed by atoms with Gasteiger partial charge in [-0.2, -0.15) is 5.10 Å². The zero-order chi connectivity index (χ0) is 16.7. The summed E-state index contributed by atoms with van der Waals surface area (Å²) in [5.74, 6) is 1.87. The minimum Gasteiger partial charge on any atom is -0.493 e. The highest BCUT2D eigenvalue weighted by Gasteiger charge is 2.26. The van der Waals surface area contributed by atoms with E-state index in [9.17, 15) is 4.39 Å². The first kappa shape index (κ1) is 14.6. The minimum atomic E-state index is -0.264. The molecule has 122 valence electrons. The molecule has 2 aromatic carbocycles. The van der Waals surface area contributed by atoms with Gasteiger partial charge < -0.3 is 14.8 Å². The van der Waals surface area contributed by atoms with E-state index in [1.807, 2.05) is 12.1 Å². The summed E-state index contributed by atoms with van der Waals surface area (Å²) < 4.78 is 23.8. The van der Waals surface area contributed by atoms with Gasteiger partial charge >= 0.3 is 0 Å². The number of nitrogens with one attached hydrogen (secondary N) is 2. The fourth-order valence-corrected chi connectivity index (χ4v) is 3.02. The summed E-state index contributed by atoms with van der Waals surface area (Å²) in [6, 6.07) is 10.2. The molecule has 0 fully saturated rings. The van der Waals surface area contributed by atoms with E-state index in [1.165, 1.54) is 12.1 Å². The largest absolute Gasteiger partial charge is 0.493 e. The van der Waals surface area contributed by atoms with Gasteiger partial charge in [0, 0.05) is 23.2 Å². The molecule has 0 unspecified atom stereocenters. The molecule has 0 amide bonds. The van der Waals surface area contributed by atoms with Crippen LogP contribution >= 0.6 is 0 Å². The molecule has 0 saturated carbocycles. The van der Waals surface area contributed by atoms with Gasteiger partial charge in [-0.15, -0.1) is 0 Å². The number of H-pyrrole nitrogens is 1. The second-order valence-electron chi connectivity index (χ2n) is 5.60. The first-order valence-corrected chi connectivity index (χ1v) is 7.54. The van der Waals surface area contributed by atoms with E-state index in [2.05, 4.69) is 15.5 Å². The van der Waals surface area contributed by atoms with Gasteiger partial charge in [-0.1, -0.05) is 0 Å². The Bertz CT molecular complexity index is 903. The number of hydrogen-bond donors (Lipinski definition) is 2. The Morgan fingerprint density at radius 3 is 2.50 bits per heavy atom. The van der Waals surface area contributed by atoms with Crippen LogP contribution in [0.2, 0.25) is 0 Å². The quantitative estimate of drug-likeness (QED) is 0.598. The highest BCUT2D eigenvalue weighted by Crippen LogP contribution is 2.44. The Labute approximate surface area is 138 Å². The van der Waals surface area contributed by atoms with Gasteiger partial charge in [-0.05, 0) is 42.0 Å². The first-order chi connectivity index (χ1) is 11.7. The lowest BCUT2D eigenvalue weighted by atomic mass is 10.1. The summed E-state index contributed by atoms with van der Waals surface area (Å²) >= 11 is 0. The Balaban J connectivity index is 1.70. The van der Waals surface area contributed by atoms with Crippen LogP contribution < -0.4 is 14.8 Å². The number of halogens is 1. The predicted octanol–water partition coefficient (Wildman–Crippen LogP) is 3.88. The first-order valence-electron chi connectivity index (χ1n) is 7.54. The van der Waals surface area contributed by atoms with Crippen LogP contribution in [-0.2, 0) is 6.42 Å². The van der Waals surface area contributed by atoms with E-state index in [0.29, 0.717) is 11.5 Å². The molecular weight excluding hydrogens is 309 g/mol. The zero-order valence-corrected chi connectivity index (χ0v) is 13.3. The van der Waals surface area contributed by atoms with Crippen molar-refractivity contribution in [3.05, 3.63) is 53.3 Å². The summed E-state index contributed by atoms with van der Waals surface area (Å²) in [5.41, 5.74) is 5.04. The average Bonchev–Trinajstić information content (AvgIpc) is 3.15. The molecular formula is C18H16FN3O2. The van der Waals surface area contributed by atoms with Crippen molar-refractivity contribution in [2.75, 3.05) is 19.5 Å². The smallest absolute Gasteiger partial charge is 0.161 e. The van der Waals surface area contributed by atoms with E-state index in [4.69, 9.17) is 9.47 Å². The highest BCUT2D eigenvalue weighted by molar-refractivity contribution is 5.81. The lowest BCUT2D eigenvalue weighted by molar-refractivity contribution is 0.355. The van der Waals surface area contributed by atoms with E-state index in [1.54, 1.807) is 26.4 Å². The van der Waals surface area contributed by atoms with Gasteiger partial charge in [0.25, 0.3) is 0 Å². The number of benzene rings is 2. The Hall–Kier alpha value is -3.02. The minimum absolute atomic E-state index is 0.264. The maximum Gasteiger partial charge on any atom is 0.161 e. The number of aromatic nitrogens is 2. The molecule has 0 bridgehead atoms. The maximum atomic E-state index is 13.0. The normalized spacial score (nSPS) is 11.8. The van der Waals surface area contributed by atoms with Crippen LogP contribution in [-0.4, -0.2) is 24.4 Å². The van der Waals surface area contributed by atoms with Crippen molar-refractivity contribution in [2.45, 2.75) is 6.42 Å². The van der Waals surface area contributed by atoms with Gasteiger partial charge in [0.1, 0.15) is 5.82 Å². The van der Waals surface area contributed by atoms with Crippen LogP contribution in [0.15, 0.2) is 36.4 Å². The number of nitrogens with zero attached hydrogens (tertiary/aromatic N) is 1. The Morgan fingerprint density at radius 2 is 1.79 bits per heavy atom. The molecule has 0 saturated heterocycles. The molecule has 6 heteroatoms. The third kappa shape index (κ3) is 2.27. The molecule has 5 nitrogen and oxygen atoms in total. The molecule has 0 aliphatic heterocycles.